The standard InChI is InChI=1S/C10H8O.F2O2S/c11-10-7-3-5-8-4-1-2-6-9(8)10;1-5(2,3)4/h1-7,11H;. The number of fused-ring (bicyclic) bond motifs is 1. The maximum Gasteiger partial charge on any atom is 0.476 e. The minimum atomic E-state index is -5.67. The SMILES string of the molecule is O=S(=O)(F)F.Oc1cccc2ccccc12. The van der Waals surface area contributed by atoms with Crippen LogP contribution in [0.4, 0.5) is 7.77 Å². The van der Waals surface area contributed by atoms with Crippen LogP contribution in [-0.4, -0.2) is 13.5 Å². The third-order valence-corrected chi connectivity index (χ3v) is 1.77. The highest BCUT2D eigenvalue weighted by molar-refractivity contribution is 7.81. The Labute approximate surface area is 91.5 Å². The van der Waals surface area contributed by atoms with Crippen molar-refractivity contribution >= 4 is 21.4 Å². The van der Waals surface area contributed by atoms with Crippen molar-refractivity contribution in [2.45, 2.75) is 0 Å². The first-order chi connectivity index (χ1) is 7.38. The zero-order valence-electron chi connectivity index (χ0n) is 7.97. The molecule has 1 N–H and O–H groups in total. The molecule has 0 saturated heterocycles. The second-order valence-electron chi connectivity index (χ2n) is 2.88. The van der Waals surface area contributed by atoms with Crippen LogP contribution >= 0.6 is 0 Å². The van der Waals surface area contributed by atoms with E-state index in [1.807, 2.05) is 36.4 Å². The molecule has 3 nitrogen and oxygen atoms in total. The largest absolute Gasteiger partial charge is 0.507 e. The molecular formula is C10H8F2O3S. The number of phenols is 1. The van der Waals surface area contributed by atoms with E-state index in [0.717, 1.165) is 10.8 Å². The zero-order valence-corrected chi connectivity index (χ0v) is 8.79. The maximum atomic E-state index is 9.99. The fourth-order valence-corrected chi connectivity index (χ4v) is 1.21. The molecule has 0 unspecified atom stereocenters. The van der Waals surface area contributed by atoms with Gasteiger partial charge in [0.15, 0.2) is 0 Å². The number of aromatic hydroxyl groups is 1. The predicted molar refractivity (Wildman–Crippen MR) is 56.7 cm³/mol. The maximum absolute atomic E-state index is 9.99. The van der Waals surface area contributed by atoms with Gasteiger partial charge in [0.25, 0.3) is 0 Å². The molecule has 0 aliphatic carbocycles. The topological polar surface area (TPSA) is 54.4 Å². The molecule has 0 amide bonds. The summed E-state index contributed by atoms with van der Waals surface area (Å²) in [5, 5.41) is 11.4. The smallest absolute Gasteiger partial charge is 0.476 e. The Morgan fingerprint density at radius 3 is 2.00 bits per heavy atom. The quantitative estimate of drug-likeness (QED) is 0.727. The van der Waals surface area contributed by atoms with Crippen LogP contribution in [-0.2, 0) is 10.6 Å². The first kappa shape index (κ1) is 12.4. The summed E-state index contributed by atoms with van der Waals surface area (Å²) in [7, 11) is -5.67. The average Bonchev–Trinajstić information content (AvgIpc) is 2.16. The average molecular weight is 246 g/mol. The van der Waals surface area contributed by atoms with Gasteiger partial charge in [-0.3, -0.25) is 0 Å². The van der Waals surface area contributed by atoms with Gasteiger partial charge >= 0.3 is 10.6 Å². The highest BCUT2D eigenvalue weighted by Gasteiger charge is 1.95. The first-order valence-electron chi connectivity index (χ1n) is 4.19. The molecule has 0 aliphatic rings. The van der Waals surface area contributed by atoms with Crippen LogP contribution < -0.4 is 0 Å². The lowest BCUT2D eigenvalue weighted by molar-refractivity contribution is 0.481. The van der Waals surface area contributed by atoms with Gasteiger partial charge in [0.2, 0.25) is 0 Å². The van der Waals surface area contributed by atoms with Crippen molar-refractivity contribution in [3.05, 3.63) is 42.5 Å². The van der Waals surface area contributed by atoms with Crippen LogP contribution in [0.15, 0.2) is 42.5 Å². The van der Waals surface area contributed by atoms with E-state index in [9.17, 15) is 12.9 Å². The van der Waals surface area contributed by atoms with Crippen molar-refractivity contribution in [2.24, 2.45) is 0 Å². The molecule has 2 aromatic carbocycles. The Hall–Kier alpha value is -1.69. The van der Waals surface area contributed by atoms with Gasteiger partial charge in [-0.05, 0) is 11.5 Å². The van der Waals surface area contributed by atoms with E-state index in [1.54, 1.807) is 6.07 Å². The van der Waals surface area contributed by atoms with Gasteiger partial charge in [0.05, 0.1) is 0 Å². The van der Waals surface area contributed by atoms with Crippen molar-refractivity contribution in [2.75, 3.05) is 0 Å². The van der Waals surface area contributed by atoms with Crippen LogP contribution in [0.1, 0.15) is 0 Å². The molecule has 0 heterocycles. The van der Waals surface area contributed by atoms with Gasteiger partial charge in [0, 0.05) is 5.39 Å². The number of halogens is 2. The molecule has 0 aromatic heterocycles. The van der Waals surface area contributed by atoms with E-state index >= 15 is 0 Å². The molecule has 2 aromatic rings. The molecule has 86 valence electrons. The minimum Gasteiger partial charge on any atom is -0.507 e. The van der Waals surface area contributed by atoms with E-state index in [0.29, 0.717) is 5.75 Å². The van der Waals surface area contributed by atoms with Crippen molar-refractivity contribution in [3.63, 3.8) is 0 Å². The molecule has 0 aliphatic heterocycles. The monoisotopic (exact) mass is 246 g/mol. The van der Waals surface area contributed by atoms with Crippen LogP contribution in [0.5, 0.6) is 5.75 Å². The summed E-state index contributed by atoms with van der Waals surface area (Å²) in [4.78, 5) is 0. The molecule has 16 heavy (non-hydrogen) atoms. The van der Waals surface area contributed by atoms with Crippen LogP contribution in [0.2, 0.25) is 0 Å². The van der Waals surface area contributed by atoms with Crippen molar-refractivity contribution < 1.29 is 21.3 Å². The lowest BCUT2D eigenvalue weighted by Crippen LogP contribution is -1.70. The molecule has 0 fully saturated rings. The summed E-state index contributed by atoms with van der Waals surface area (Å²) in [6, 6.07) is 13.3. The van der Waals surface area contributed by atoms with Gasteiger partial charge < -0.3 is 5.11 Å². The number of phenolic OH excluding ortho intramolecular Hbond substituents is 1. The highest BCUT2D eigenvalue weighted by Crippen LogP contribution is 2.22. The Morgan fingerprint density at radius 2 is 1.44 bits per heavy atom. The minimum absolute atomic E-state index is 0.350. The fraction of sp³-hybridized carbons (Fsp3) is 0. The number of hydrogen-bond donors (Lipinski definition) is 1. The molecule has 6 heteroatoms. The van der Waals surface area contributed by atoms with Gasteiger partial charge in [-0.15, -0.1) is 0 Å². The Balaban J connectivity index is 0.000000221. The van der Waals surface area contributed by atoms with Gasteiger partial charge in [-0.2, -0.15) is 8.42 Å². The molecule has 0 bridgehead atoms. The number of rotatable bonds is 0. The molecule has 0 radical (unpaired) electrons. The van der Waals surface area contributed by atoms with Gasteiger partial charge in [0.1, 0.15) is 5.75 Å². The van der Waals surface area contributed by atoms with Crippen molar-refractivity contribution in [1.82, 2.24) is 0 Å². The van der Waals surface area contributed by atoms with E-state index in [1.165, 1.54) is 0 Å². The van der Waals surface area contributed by atoms with Crippen LogP contribution in [0.25, 0.3) is 10.8 Å². The van der Waals surface area contributed by atoms with Gasteiger partial charge in [-0.25, -0.2) is 0 Å². The van der Waals surface area contributed by atoms with Gasteiger partial charge in [-0.1, -0.05) is 44.2 Å². The van der Waals surface area contributed by atoms with E-state index in [4.69, 9.17) is 8.42 Å². The Bertz CT molecular complexity index is 568. The summed E-state index contributed by atoms with van der Waals surface area (Å²) >= 11 is 0. The van der Waals surface area contributed by atoms with Crippen LogP contribution in [0.3, 0.4) is 0 Å². The normalized spacial score (nSPS) is 10.6. The van der Waals surface area contributed by atoms with Crippen molar-refractivity contribution in [3.8, 4) is 5.75 Å². The van der Waals surface area contributed by atoms with Crippen molar-refractivity contribution in [1.29, 1.82) is 0 Å². The lowest BCUT2D eigenvalue weighted by atomic mass is 10.1. The summed E-state index contributed by atoms with van der Waals surface area (Å²) in [6.45, 7) is 0. The Morgan fingerprint density at radius 1 is 0.938 bits per heavy atom. The van der Waals surface area contributed by atoms with Crippen LogP contribution in [0, 0.1) is 0 Å². The molecule has 0 spiro atoms. The molecule has 0 atom stereocenters. The Kier molecular flexibility index (Phi) is 3.78. The van der Waals surface area contributed by atoms with E-state index in [2.05, 4.69) is 0 Å². The summed E-state index contributed by atoms with van der Waals surface area (Å²) in [5.41, 5.74) is 0. The summed E-state index contributed by atoms with van der Waals surface area (Å²) in [6.07, 6.45) is 0. The first-order valence-corrected chi connectivity index (χ1v) is 5.47. The summed E-state index contributed by atoms with van der Waals surface area (Å²) < 4.78 is 36.6. The molecular weight excluding hydrogens is 238 g/mol. The molecule has 2 rings (SSSR count). The second-order valence-corrected chi connectivity index (χ2v) is 3.63. The third-order valence-electron chi connectivity index (χ3n) is 1.77. The lowest BCUT2D eigenvalue weighted by Gasteiger charge is -1.97. The highest BCUT2D eigenvalue weighted by atomic mass is 32.3. The zero-order chi connectivity index (χ0) is 12.2. The molecule has 0 saturated carbocycles. The summed E-state index contributed by atoms with van der Waals surface area (Å²) in [5.74, 6) is 0.350. The number of benzene rings is 2. The predicted octanol–water partition coefficient (Wildman–Crippen LogP) is 2.72. The second kappa shape index (κ2) is 4.89. The fourth-order valence-electron chi connectivity index (χ4n) is 1.21. The number of hydrogen-bond acceptors (Lipinski definition) is 3. The third kappa shape index (κ3) is 4.22. The van der Waals surface area contributed by atoms with E-state index in [-0.39, 0.29) is 0 Å². The van der Waals surface area contributed by atoms with E-state index < -0.39 is 10.6 Å².